The number of aromatic hydroxyl groups is 4. The molecule has 128 valence electrons. The van der Waals surface area contributed by atoms with Crippen LogP contribution in [0.5, 0.6) is 23.0 Å². The molecule has 2 rings (SSSR count). The molecule has 2 aromatic rings. The molecule has 0 fully saturated rings. The van der Waals surface area contributed by atoms with Gasteiger partial charge in [0.25, 0.3) is 0 Å². The summed E-state index contributed by atoms with van der Waals surface area (Å²) in [5.41, 5.74) is 2.32. The number of phenolic OH excluding ortho intramolecular Hbond substituents is 2. The summed E-state index contributed by atoms with van der Waals surface area (Å²) >= 11 is 0. The monoisotopic (exact) mass is 324 g/mol. The zero-order valence-corrected chi connectivity index (χ0v) is 12.4. The Morgan fingerprint density at radius 3 is 1.22 bits per heavy atom. The smallest absolute Gasteiger partial charge is 0.163 e. The van der Waals surface area contributed by atoms with Gasteiger partial charge in [0, 0.05) is 11.1 Å². The molecule has 0 heterocycles. The number of benzene rings is 2. The molecule has 2 aromatic carbocycles. The minimum absolute atomic E-state index is 0. The third-order valence-corrected chi connectivity index (χ3v) is 2.97. The first-order valence-electron chi connectivity index (χ1n) is 6.54. The number of rotatable bonds is 2. The van der Waals surface area contributed by atoms with Crippen molar-refractivity contribution in [2.75, 3.05) is 0 Å². The van der Waals surface area contributed by atoms with Gasteiger partial charge >= 0.3 is 0 Å². The number of aliphatic hydroxyl groups excluding tert-OH is 2. The van der Waals surface area contributed by atoms with Gasteiger partial charge in [0.2, 0.25) is 0 Å². The molecule has 0 atom stereocenters. The molecule has 0 aliphatic rings. The van der Waals surface area contributed by atoms with Crippen LogP contribution in [0.2, 0.25) is 0 Å². The minimum Gasteiger partial charge on any atom is -0.504 e. The fourth-order valence-electron chi connectivity index (χ4n) is 1.91. The molecule has 0 bridgehead atoms. The van der Waals surface area contributed by atoms with E-state index < -0.39 is 0 Å². The third-order valence-electron chi connectivity index (χ3n) is 2.97. The first kappa shape index (κ1) is 20.6. The summed E-state index contributed by atoms with van der Waals surface area (Å²) in [6.45, 7) is 3.03. The molecule has 0 aromatic heterocycles. The van der Waals surface area contributed by atoms with Crippen LogP contribution in [0, 0.1) is 13.8 Å². The molecule has 0 saturated carbocycles. The predicted molar refractivity (Wildman–Crippen MR) is 87.6 cm³/mol. The highest BCUT2D eigenvalue weighted by atomic mass is 16.3. The van der Waals surface area contributed by atoms with Crippen LogP contribution in [0.15, 0.2) is 24.3 Å². The van der Waals surface area contributed by atoms with E-state index in [4.69, 9.17) is 30.6 Å². The van der Waals surface area contributed by atoms with Crippen LogP contribution >= 0.6 is 0 Å². The standard InChI is InChI=1S/2C8H10O3.CH4/c2*1-5-2-6(4-9)8(11)7(10)3-5;/h2*2-3,9-11H,4H2,1H3;1H4. The van der Waals surface area contributed by atoms with E-state index in [0.29, 0.717) is 11.1 Å². The van der Waals surface area contributed by atoms with Gasteiger partial charge in [-0.3, -0.25) is 0 Å². The summed E-state index contributed by atoms with van der Waals surface area (Å²) in [5, 5.41) is 53.7. The highest BCUT2D eigenvalue weighted by Crippen LogP contribution is 2.30. The van der Waals surface area contributed by atoms with Crippen LogP contribution in [0.4, 0.5) is 0 Å². The van der Waals surface area contributed by atoms with E-state index in [-0.39, 0.29) is 43.6 Å². The molecule has 6 heteroatoms. The fourth-order valence-corrected chi connectivity index (χ4v) is 1.91. The molecule has 0 radical (unpaired) electrons. The lowest BCUT2D eigenvalue weighted by Crippen LogP contribution is -1.85. The van der Waals surface area contributed by atoms with Crippen molar-refractivity contribution < 1.29 is 30.6 Å². The molecule has 0 unspecified atom stereocenters. The minimum atomic E-state index is -0.263. The van der Waals surface area contributed by atoms with Crippen LogP contribution in [0.3, 0.4) is 0 Å². The lowest BCUT2D eigenvalue weighted by molar-refractivity contribution is 0.272. The van der Waals surface area contributed by atoms with E-state index >= 15 is 0 Å². The Morgan fingerprint density at radius 1 is 0.652 bits per heavy atom. The van der Waals surface area contributed by atoms with Crippen molar-refractivity contribution in [1.29, 1.82) is 0 Å². The Hall–Kier alpha value is -2.44. The SMILES string of the molecule is C.Cc1cc(O)c(O)c(CO)c1.Cc1cc(O)c(O)c(CO)c1. The molecule has 0 amide bonds. The highest BCUT2D eigenvalue weighted by molar-refractivity contribution is 5.47. The van der Waals surface area contributed by atoms with Gasteiger partial charge in [-0.1, -0.05) is 7.43 Å². The van der Waals surface area contributed by atoms with Gasteiger partial charge in [-0.25, -0.2) is 0 Å². The number of aliphatic hydroxyl groups is 2. The Bertz CT molecular complexity index is 595. The van der Waals surface area contributed by atoms with Gasteiger partial charge in [-0.15, -0.1) is 0 Å². The van der Waals surface area contributed by atoms with Crippen molar-refractivity contribution in [1.82, 2.24) is 0 Å². The molecule has 0 saturated heterocycles. The molecular formula is C17H24O6. The molecular weight excluding hydrogens is 300 g/mol. The normalized spacial score (nSPS) is 9.57. The van der Waals surface area contributed by atoms with Crippen molar-refractivity contribution >= 4 is 0 Å². The summed E-state index contributed by atoms with van der Waals surface area (Å²) in [6, 6.07) is 6.12. The average Bonchev–Trinajstić information content (AvgIpc) is 2.47. The molecule has 23 heavy (non-hydrogen) atoms. The van der Waals surface area contributed by atoms with Crippen molar-refractivity contribution in [3.8, 4) is 23.0 Å². The third kappa shape index (κ3) is 5.36. The maximum atomic E-state index is 9.11. The summed E-state index contributed by atoms with van der Waals surface area (Å²) < 4.78 is 0. The number of hydrogen-bond donors (Lipinski definition) is 6. The Labute approximate surface area is 135 Å². The van der Waals surface area contributed by atoms with E-state index in [9.17, 15) is 0 Å². The number of phenols is 4. The van der Waals surface area contributed by atoms with Crippen molar-refractivity contribution in [3.63, 3.8) is 0 Å². The van der Waals surface area contributed by atoms with Gasteiger partial charge in [0.05, 0.1) is 13.2 Å². The average molecular weight is 324 g/mol. The summed E-state index contributed by atoms with van der Waals surface area (Å²) in [7, 11) is 0. The molecule has 0 aliphatic heterocycles. The zero-order valence-electron chi connectivity index (χ0n) is 12.4. The zero-order chi connectivity index (χ0) is 16.9. The lowest BCUT2D eigenvalue weighted by Gasteiger charge is -2.04. The quantitative estimate of drug-likeness (QED) is 0.472. The van der Waals surface area contributed by atoms with Crippen molar-refractivity contribution in [3.05, 3.63) is 46.5 Å². The Balaban J connectivity index is 0.000000403. The van der Waals surface area contributed by atoms with E-state index in [0.717, 1.165) is 11.1 Å². The topological polar surface area (TPSA) is 121 Å². The lowest BCUT2D eigenvalue weighted by atomic mass is 10.1. The van der Waals surface area contributed by atoms with E-state index in [1.54, 1.807) is 26.0 Å². The van der Waals surface area contributed by atoms with Crippen LogP contribution in [0.25, 0.3) is 0 Å². The van der Waals surface area contributed by atoms with Crippen molar-refractivity contribution in [2.45, 2.75) is 34.5 Å². The predicted octanol–water partition coefficient (Wildman–Crippen LogP) is 2.43. The first-order valence-corrected chi connectivity index (χ1v) is 6.54. The fraction of sp³-hybridized carbons (Fsp3) is 0.294. The molecule has 0 spiro atoms. The second kappa shape index (κ2) is 8.87. The second-order valence-corrected chi connectivity index (χ2v) is 4.90. The molecule has 0 aliphatic carbocycles. The van der Waals surface area contributed by atoms with Crippen LogP contribution in [-0.4, -0.2) is 30.6 Å². The number of hydrogen-bond acceptors (Lipinski definition) is 6. The van der Waals surface area contributed by atoms with Crippen LogP contribution < -0.4 is 0 Å². The Morgan fingerprint density at radius 2 is 0.957 bits per heavy atom. The Kier molecular flexibility index (Phi) is 7.93. The van der Waals surface area contributed by atoms with Gasteiger partial charge in [0.1, 0.15) is 0 Å². The number of aryl methyl sites for hydroxylation is 2. The van der Waals surface area contributed by atoms with Gasteiger partial charge in [0.15, 0.2) is 23.0 Å². The largest absolute Gasteiger partial charge is 0.504 e. The maximum Gasteiger partial charge on any atom is 0.163 e. The summed E-state index contributed by atoms with van der Waals surface area (Å²) in [5.74, 6) is -0.848. The van der Waals surface area contributed by atoms with E-state index in [1.807, 2.05) is 0 Å². The molecule has 6 nitrogen and oxygen atoms in total. The maximum absolute atomic E-state index is 9.11. The van der Waals surface area contributed by atoms with Crippen LogP contribution in [-0.2, 0) is 13.2 Å². The van der Waals surface area contributed by atoms with Crippen LogP contribution in [0.1, 0.15) is 29.7 Å². The first-order chi connectivity index (χ1) is 10.3. The van der Waals surface area contributed by atoms with Gasteiger partial charge in [-0.2, -0.15) is 0 Å². The van der Waals surface area contributed by atoms with Crippen molar-refractivity contribution in [2.24, 2.45) is 0 Å². The van der Waals surface area contributed by atoms with E-state index in [2.05, 4.69) is 0 Å². The second-order valence-electron chi connectivity index (χ2n) is 4.90. The summed E-state index contributed by atoms with van der Waals surface area (Å²) in [4.78, 5) is 0. The van der Waals surface area contributed by atoms with E-state index in [1.165, 1.54) is 12.1 Å². The van der Waals surface area contributed by atoms with Gasteiger partial charge < -0.3 is 30.6 Å². The van der Waals surface area contributed by atoms with Gasteiger partial charge in [-0.05, 0) is 49.2 Å². The highest BCUT2D eigenvalue weighted by Gasteiger charge is 2.06. The summed E-state index contributed by atoms with van der Waals surface area (Å²) in [6.07, 6.45) is 0. The molecule has 6 N–H and O–H groups in total.